The van der Waals surface area contributed by atoms with Crippen LogP contribution in [0.1, 0.15) is 25.0 Å². The summed E-state index contributed by atoms with van der Waals surface area (Å²) in [5.41, 5.74) is 1.95. The number of thioether (sulfide) groups is 1. The van der Waals surface area contributed by atoms with Crippen molar-refractivity contribution >= 4 is 56.2 Å². The van der Waals surface area contributed by atoms with Gasteiger partial charge in [0.05, 0.1) is 4.91 Å². The lowest BCUT2D eigenvalue weighted by Crippen LogP contribution is -2.31. The number of benzene rings is 2. The summed E-state index contributed by atoms with van der Waals surface area (Å²) in [6, 6.07) is 15.7. The van der Waals surface area contributed by atoms with Gasteiger partial charge in [-0.1, -0.05) is 84.1 Å². The highest BCUT2D eigenvalue weighted by molar-refractivity contribution is 9.10. The van der Waals surface area contributed by atoms with Crippen LogP contribution >= 0.6 is 39.9 Å². The molecular weight excluding hydrogens is 442 g/mol. The van der Waals surface area contributed by atoms with E-state index in [0.29, 0.717) is 28.3 Å². The number of rotatable bonds is 6. The zero-order valence-electron chi connectivity index (χ0n) is 15.1. The van der Waals surface area contributed by atoms with Gasteiger partial charge in [-0.15, -0.1) is 0 Å². The summed E-state index contributed by atoms with van der Waals surface area (Å²) in [7, 11) is 0. The summed E-state index contributed by atoms with van der Waals surface area (Å²) in [4.78, 5) is 15.0. The fraction of sp³-hybridized carbons (Fsp3) is 0.238. The van der Waals surface area contributed by atoms with Crippen LogP contribution in [0.3, 0.4) is 0 Å². The van der Waals surface area contributed by atoms with Crippen LogP contribution in [0.25, 0.3) is 6.08 Å². The standard InChI is InChI=1S/C21H20BrNO2S2/c1-14(2)12-23-20(24)19(27-21(23)26)11-16-5-3-4-6-18(16)25-13-15-7-9-17(22)10-8-15/h3-11,14H,12-13H2,1-2H3/b19-11-. The molecule has 0 spiro atoms. The summed E-state index contributed by atoms with van der Waals surface area (Å²) in [6.07, 6.45) is 1.87. The largest absolute Gasteiger partial charge is 0.488 e. The zero-order valence-corrected chi connectivity index (χ0v) is 18.4. The number of amides is 1. The van der Waals surface area contributed by atoms with Crippen molar-refractivity contribution in [2.75, 3.05) is 6.54 Å². The van der Waals surface area contributed by atoms with E-state index in [1.54, 1.807) is 4.90 Å². The maximum absolute atomic E-state index is 12.7. The third-order valence-corrected chi connectivity index (χ3v) is 5.84. The van der Waals surface area contributed by atoms with E-state index in [1.165, 1.54) is 11.8 Å². The van der Waals surface area contributed by atoms with Crippen molar-refractivity contribution in [2.24, 2.45) is 5.92 Å². The second-order valence-electron chi connectivity index (χ2n) is 6.64. The van der Waals surface area contributed by atoms with Gasteiger partial charge in [-0.25, -0.2) is 0 Å². The van der Waals surface area contributed by atoms with E-state index in [-0.39, 0.29) is 5.91 Å². The van der Waals surface area contributed by atoms with Crippen molar-refractivity contribution < 1.29 is 9.53 Å². The lowest BCUT2D eigenvalue weighted by molar-refractivity contribution is -0.122. The molecule has 1 aliphatic heterocycles. The highest BCUT2D eigenvalue weighted by Gasteiger charge is 2.32. The Balaban J connectivity index is 1.77. The van der Waals surface area contributed by atoms with Crippen LogP contribution in [0.2, 0.25) is 0 Å². The number of carbonyl (C=O) groups is 1. The van der Waals surface area contributed by atoms with Crippen LogP contribution < -0.4 is 4.74 Å². The molecule has 27 heavy (non-hydrogen) atoms. The topological polar surface area (TPSA) is 29.5 Å². The van der Waals surface area contributed by atoms with Gasteiger partial charge in [0.2, 0.25) is 0 Å². The minimum atomic E-state index is -0.0265. The predicted molar refractivity (Wildman–Crippen MR) is 120 cm³/mol. The lowest BCUT2D eigenvalue weighted by atomic mass is 10.1. The molecule has 1 aliphatic rings. The van der Waals surface area contributed by atoms with Crippen LogP contribution in [-0.2, 0) is 11.4 Å². The van der Waals surface area contributed by atoms with Crippen LogP contribution in [-0.4, -0.2) is 21.7 Å². The predicted octanol–water partition coefficient (Wildman–Crippen LogP) is 5.89. The summed E-state index contributed by atoms with van der Waals surface area (Å²) < 4.78 is 7.66. The summed E-state index contributed by atoms with van der Waals surface area (Å²) in [5, 5.41) is 0. The first-order valence-corrected chi connectivity index (χ1v) is 10.7. The molecule has 6 heteroatoms. The molecule has 0 unspecified atom stereocenters. The molecule has 1 saturated heterocycles. The van der Waals surface area contributed by atoms with Crippen LogP contribution in [0.15, 0.2) is 57.9 Å². The van der Waals surface area contributed by atoms with Gasteiger partial charge in [-0.05, 0) is 35.8 Å². The molecule has 3 nitrogen and oxygen atoms in total. The van der Waals surface area contributed by atoms with Crippen molar-refractivity contribution in [1.82, 2.24) is 4.90 Å². The zero-order chi connectivity index (χ0) is 19.4. The molecule has 1 amide bonds. The lowest BCUT2D eigenvalue weighted by Gasteiger charge is -2.16. The number of hydrogen-bond donors (Lipinski definition) is 0. The Morgan fingerprint density at radius 2 is 1.89 bits per heavy atom. The molecule has 0 radical (unpaired) electrons. The van der Waals surface area contributed by atoms with Crippen LogP contribution in [0.4, 0.5) is 0 Å². The highest BCUT2D eigenvalue weighted by Crippen LogP contribution is 2.34. The van der Waals surface area contributed by atoms with E-state index in [1.807, 2.05) is 54.6 Å². The molecule has 0 atom stereocenters. The second kappa shape index (κ2) is 9.04. The number of nitrogens with zero attached hydrogens (tertiary/aromatic N) is 1. The minimum absolute atomic E-state index is 0.0265. The Morgan fingerprint density at radius 3 is 2.59 bits per heavy atom. The number of ether oxygens (including phenoxy) is 1. The normalized spacial score (nSPS) is 15.9. The van der Waals surface area contributed by atoms with E-state index in [4.69, 9.17) is 17.0 Å². The first kappa shape index (κ1) is 20.1. The molecule has 2 aromatic carbocycles. The molecule has 3 rings (SSSR count). The Labute approximate surface area is 177 Å². The number of hydrogen-bond acceptors (Lipinski definition) is 4. The van der Waals surface area contributed by atoms with E-state index >= 15 is 0 Å². The van der Waals surface area contributed by atoms with Crippen molar-refractivity contribution in [3.05, 3.63) is 69.0 Å². The maximum Gasteiger partial charge on any atom is 0.266 e. The Bertz CT molecular complexity index is 878. The third-order valence-electron chi connectivity index (χ3n) is 3.93. The molecule has 2 aromatic rings. The van der Waals surface area contributed by atoms with Crippen LogP contribution in [0, 0.1) is 5.92 Å². The Kier molecular flexibility index (Phi) is 6.73. The van der Waals surface area contributed by atoms with Gasteiger partial charge in [0, 0.05) is 16.6 Å². The molecule has 1 heterocycles. The van der Waals surface area contributed by atoms with Crippen molar-refractivity contribution in [1.29, 1.82) is 0 Å². The Hall–Kier alpha value is -1.63. The molecular formula is C21H20BrNO2S2. The molecule has 0 N–H and O–H groups in total. The third kappa shape index (κ3) is 5.21. The van der Waals surface area contributed by atoms with Gasteiger partial charge in [-0.2, -0.15) is 0 Å². The average molecular weight is 462 g/mol. The first-order valence-electron chi connectivity index (χ1n) is 8.65. The smallest absolute Gasteiger partial charge is 0.266 e. The quantitative estimate of drug-likeness (QED) is 0.396. The highest BCUT2D eigenvalue weighted by atomic mass is 79.9. The number of halogens is 1. The number of carbonyl (C=O) groups excluding carboxylic acids is 1. The summed E-state index contributed by atoms with van der Waals surface area (Å²) >= 11 is 10.2. The van der Waals surface area contributed by atoms with Crippen molar-refractivity contribution in [3.63, 3.8) is 0 Å². The fourth-order valence-electron chi connectivity index (χ4n) is 2.64. The van der Waals surface area contributed by atoms with E-state index < -0.39 is 0 Å². The molecule has 140 valence electrons. The van der Waals surface area contributed by atoms with Gasteiger partial charge in [0.1, 0.15) is 16.7 Å². The van der Waals surface area contributed by atoms with Crippen molar-refractivity contribution in [2.45, 2.75) is 20.5 Å². The molecule has 0 bridgehead atoms. The molecule has 1 fully saturated rings. The van der Waals surface area contributed by atoms with Crippen LogP contribution in [0.5, 0.6) is 5.75 Å². The minimum Gasteiger partial charge on any atom is -0.488 e. The molecule has 0 saturated carbocycles. The van der Waals surface area contributed by atoms with Gasteiger partial charge in [0.15, 0.2) is 0 Å². The number of thiocarbonyl (C=S) groups is 1. The average Bonchev–Trinajstić information content (AvgIpc) is 2.89. The monoisotopic (exact) mass is 461 g/mol. The van der Waals surface area contributed by atoms with E-state index in [9.17, 15) is 4.79 Å². The molecule has 0 aliphatic carbocycles. The van der Waals surface area contributed by atoms with E-state index in [0.717, 1.165) is 21.3 Å². The summed E-state index contributed by atoms with van der Waals surface area (Å²) in [6.45, 7) is 5.26. The summed E-state index contributed by atoms with van der Waals surface area (Å²) in [5.74, 6) is 1.09. The maximum atomic E-state index is 12.7. The van der Waals surface area contributed by atoms with Gasteiger partial charge in [0.25, 0.3) is 5.91 Å². The first-order chi connectivity index (χ1) is 12.9. The fourth-order valence-corrected chi connectivity index (χ4v) is 4.17. The SMILES string of the molecule is CC(C)CN1C(=O)/C(=C/c2ccccc2OCc2ccc(Br)cc2)SC1=S. The molecule has 0 aromatic heterocycles. The number of para-hydroxylation sites is 1. The van der Waals surface area contributed by atoms with E-state index in [2.05, 4.69) is 29.8 Å². The second-order valence-corrected chi connectivity index (χ2v) is 9.23. The van der Waals surface area contributed by atoms with Gasteiger partial charge < -0.3 is 4.74 Å². The van der Waals surface area contributed by atoms with Gasteiger partial charge >= 0.3 is 0 Å². The van der Waals surface area contributed by atoms with Crippen molar-refractivity contribution in [3.8, 4) is 5.75 Å². The van der Waals surface area contributed by atoms with Gasteiger partial charge in [-0.3, -0.25) is 9.69 Å². The Morgan fingerprint density at radius 1 is 1.19 bits per heavy atom.